The van der Waals surface area contributed by atoms with Crippen molar-refractivity contribution < 1.29 is 13.2 Å². The van der Waals surface area contributed by atoms with E-state index in [1.807, 2.05) is 94.1 Å². The van der Waals surface area contributed by atoms with E-state index >= 15 is 13.2 Å². The van der Waals surface area contributed by atoms with Crippen molar-refractivity contribution in [2.24, 2.45) is 0 Å². The van der Waals surface area contributed by atoms with Crippen LogP contribution in [0.3, 0.4) is 0 Å². The predicted octanol–water partition coefficient (Wildman–Crippen LogP) is 13.3. The number of para-hydroxylation sites is 2. The molecule has 0 unspecified atom stereocenters. The molecule has 0 aliphatic carbocycles. The van der Waals surface area contributed by atoms with Gasteiger partial charge in [0.05, 0.1) is 97.2 Å². The third kappa shape index (κ3) is 6.17. The summed E-state index contributed by atoms with van der Waals surface area (Å²) in [5.74, 6) is 0. The van der Waals surface area contributed by atoms with Gasteiger partial charge in [-0.1, -0.05) is 72.8 Å². The molecule has 0 saturated heterocycles. The molecule has 64 heavy (non-hydrogen) atoms. The average Bonchev–Trinajstić information content (AvgIpc) is 3.84. The minimum Gasteiger partial charge on any atom is -0.307 e. The first-order valence-electron chi connectivity index (χ1n) is 19.9. The number of halogens is 3. The second-order valence-electron chi connectivity index (χ2n) is 15.2. The molecule has 0 radical (unpaired) electrons. The molecule has 0 N–H and O–H groups in total. The highest BCUT2D eigenvalue weighted by Gasteiger charge is 2.36. The van der Waals surface area contributed by atoms with Gasteiger partial charge in [-0.05, 0) is 118 Å². The Bertz CT molecular complexity index is 3850. The van der Waals surface area contributed by atoms with Gasteiger partial charge in [-0.3, -0.25) is 0 Å². The molecule has 0 saturated carbocycles. The van der Waals surface area contributed by atoms with Crippen molar-refractivity contribution >= 4 is 43.6 Å². The van der Waals surface area contributed by atoms with Gasteiger partial charge in [-0.25, -0.2) is 0 Å². The molecule has 10 heteroatoms. The Kier molecular flexibility index (Phi) is 9.06. The van der Waals surface area contributed by atoms with Crippen LogP contribution in [0.4, 0.5) is 13.2 Å². The first-order chi connectivity index (χ1) is 31.1. The van der Waals surface area contributed by atoms with Crippen LogP contribution in [0, 0.1) is 56.7 Å². The standard InChI is InChI=1S/C54H26F3N7/c55-54(56,57)47-26-53(64-49-11-4-2-9-43(49)46-24-37(15-19-51(46)64)41-17-13-34(29-60)22-39(41)31-62)52(25-44(47)35-7-5-6-32(20-35)27-58)63-48-10-3-1-8-42(48)45-23-36(14-18-50(45)63)40-16-12-33(28-59)21-38(40)30-61/h1-26H. The highest BCUT2D eigenvalue weighted by atomic mass is 19.4. The average molecular weight is 830 g/mol. The molecular formula is C54H26F3N7. The molecule has 2 heterocycles. The minimum atomic E-state index is -4.82. The van der Waals surface area contributed by atoms with Crippen molar-refractivity contribution in [3.63, 3.8) is 0 Å². The zero-order valence-electron chi connectivity index (χ0n) is 33.3. The summed E-state index contributed by atoms with van der Waals surface area (Å²) in [5, 5.41) is 52.0. The Morgan fingerprint density at radius 3 is 1.30 bits per heavy atom. The van der Waals surface area contributed by atoms with Crippen LogP contribution in [0.15, 0.2) is 158 Å². The van der Waals surface area contributed by atoms with Gasteiger partial charge in [-0.2, -0.15) is 39.5 Å². The predicted molar refractivity (Wildman–Crippen MR) is 240 cm³/mol. The Hall–Kier alpha value is -9.40. The zero-order valence-corrected chi connectivity index (χ0v) is 33.3. The maximum absolute atomic E-state index is 15.7. The second-order valence-corrected chi connectivity index (χ2v) is 15.2. The fourth-order valence-electron chi connectivity index (χ4n) is 8.88. The zero-order chi connectivity index (χ0) is 44.3. The largest absolute Gasteiger partial charge is 0.417 e. The smallest absolute Gasteiger partial charge is 0.307 e. The number of nitrogens with zero attached hydrogens (tertiary/aromatic N) is 7. The molecule has 7 nitrogen and oxygen atoms in total. The summed E-state index contributed by atoms with van der Waals surface area (Å²) in [6.45, 7) is 0. The maximum Gasteiger partial charge on any atom is 0.417 e. The molecule has 298 valence electrons. The Morgan fingerprint density at radius 1 is 0.359 bits per heavy atom. The number of aromatic nitrogens is 2. The normalized spacial score (nSPS) is 11.3. The molecule has 0 fully saturated rings. The summed E-state index contributed by atoms with van der Waals surface area (Å²) >= 11 is 0. The molecule has 0 atom stereocenters. The number of alkyl halides is 3. The van der Waals surface area contributed by atoms with Crippen molar-refractivity contribution in [3.05, 3.63) is 191 Å². The monoisotopic (exact) mass is 829 g/mol. The molecule has 2 aromatic heterocycles. The minimum absolute atomic E-state index is 0.116. The summed E-state index contributed by atoms with van der Waals surface area (Å²) in [5.41, 5.74) is 6.69. The lowest BCUT2D eigenvalue weighted by Crippen LogP contribution is -2.12. The number of nitriles is 5. The number of hydrogen-bond acceptors (Lipinski definition) is 5. The van der Waals surface area contributed by atoms with E-state index in [9.17, 15) is 26.3 Å². The fraction of sp³-hybridized carbons (Fsp3) is 0.0185. The Morgan fingerprint density at radius 2 is 0.812 bits per heavy atom. The van der Waals surface area contributed by atoms with Crippen LogP contribution in [-0.4, -0.2) is 9.13 Å². The van der Waals surface area contributed by atoms with Crippen LogP contribution >= 0.6 is 0 Å². The SMILES string of the molecule is N#Cc1cccc(-c2cc(-n3c4ccccc4c4cc(-c5ccc(C#N)cc5C#N)ccc43)c(-n3c4ccccc4c4cc(-c5ccc(C#N)cc5C#N)ccc43)cc2C(F)(F)F)c1. The van der Waals surface area contributed by atoms with E-state index in [2.05, 4.69) is 30.3 Å². The van der Waals surface area contributed by atoms with E-state index < -0.39 is 11.7 Å². The number of fused-ring (bicyclic) bond motifs is 6. The molecule has 8 aromatic carbocycles. The first kappa shape index (κ1) is 38.8. The fourth-order valence-corrected chi connectivity index (χ4v) is 8.88. The third-order valence-electron chi connectivity index (χ3n) is 11.7. The van der Waals surface area contributed by atoms with Crippen molar-refractivity contribution in [2.45, 2.75) is 6.18 Å². The highest BCUT2D eigenvalue weighted by Crippen LogP contribution is 2.46. The van der Waals surface area contributed by atoms with Gasteiger partial charge in [0.25, 0.3) is 0 Å². The third-order valence-corrected chi connectivity index (χ3v) is 11.7. The van der Waals surface area contributed by atoms with E-state index in [1.54, 1.807) is 54.6 Å². The number of rotatable bonds is 5. The lowest BCUT2D eigenvalue weighted by molar-refractivity contribution is -0.137. The molecule has 0 bridgehead atoms. The Balaban J connectivity index is 1.32. The molecule has 0 amide bonds. The molecular weight excluding hydrogens is 804 g/mol. The van der Waals surface area contributed by atoms with Crippen LogP contribution in [0.25, 0.3) is 88.4 Å². The summed E-state index contributed by atoms with van der Waals surface area (Å²) in [7, 11) is 0. The van der Waals surface area contributed by atoms with Crippen molar-refractivity contribution in [1.82, 2.24) is 9.13 Å². The van der Waals surface area contributed by atoms with Crippen LogP contribution in [0.5, 0.6) is 0 Å². The van der Waals surface area contributed by atoms with Crippen molar-refractivity contribution in [3.8, 4) is 75.1 Å². The van der Waals surface area contributed by atoms with Gasteiger partial charge in [0.15, 0.2) is 0 Å². The van der Waals surface area contributed by atoms with E-state index in [-0.39, 0.29) is 22.4 Å². The van der Waals surface area contributed by atoms with Gasteiger partial charge >= 0.3 is 6.18 Å². The van der Waals surface area contributed by atoms with E-state index in [0.29, 0.717) is 66.7 Å². The second kappa shape index (κ2) is 14.9. The van der Waals surface area contributed by atoms with Gasteiger partial charge < -0.3 is 9.13 Å². The van der Waals surface area contributed by atoms with Crippen molar-refractivity contribution in [1.29, 1.82) is 26.3 Å². The summed E-state index contributed by atoms with van der Waals surface area (Å²) in [4.78, 5) is 0. The van der Waals surface area contributed by atoms with Crippen LogP contribution in [-0.2, 0) is 6.18 Å². The molecule has 0 aliphatic heterocycles. The quantitative estimate of drug-likeness (QED) is 0.171. The number of hydrogen-bond donors (Lipinski definition) is 0. The maximum atomic E-state index is 15.7. The molecule has 10 aromatic rings. The van der Waals surface area contributed by atoms with Gasteiger partial charge in [0.1, 0.15) is 0 Å². The van der Waals surface area contributed by atoms with E-state index in [4.69, 9.17) is 0 Å². The van der Waals surface area contributed by atoms with Gasteiger partial charge in [-0.15, -0.1) is 0 Å². The van der Waals surface area contributed by atoms with E-state index in [1.165, 1.54) is 18.2 Å². The topological polar surface area (TPSA) is 129 Å². The molecule has 0 spiro atoms. The van der Waals surface area contributed by atoms with Crippen LogP contribution in [0.2, 0.25) is 0 Å². The van der Waals surface area contributed by atoms with Crippen LogP contribution in [0.1, 0.15) is 33.4 Å². The summed E-state index contributed by atoms with van der Waals surface area (Å²) in [6, 6.07) is 55.7. The summed E-state index contributed by atoms with van der Waals surface area (Å²) in [6.07, 6.45) is -4.82. The molecule has 0 aliphatic rings. The van der Waals surface area contributed by atoms with Gasteiger partial charge in [0, 0.05) is 21.5 Å². The van der Waals surface area contributed by atoms with Crippen molar-refractivity contribution in [2.75, 3.05) is 0 Å². The summed E-state index contributed by atoms with van der Waals surface area (Å²) < 4.78 is 50.8. The molecule has 10 rings (SSSR count). The number of benzene rings is 8. The lowest BCUT2D eigenvalue weighted by Gasteiger charge is -2.22. The highest BCUT2D eigenvalue weighted by molar-refractivity contribution is 6.13. The van der Waals surface area contributed by atoms with Gasteiger partial charge in [0.2, 0.25) is 0 Å². The Labute approximate surface area is 363 Å². The lowest BCUT2D eigenvalue weighted by atomic mass is 9.95. The van der Waals surface area contributed by atoms with Crippen LogP contribution < -0.4 is 0 Å². The van der Waals surface area contributed by atoms with E-state index in [0.717, 1.165) is 27.1 Å². The first-order valence-corrected chi connectivity index (χ1v) is 19.9.